The minimum Gasteiger partial charge on any atom is -0.389 e. The van der Waals surface area contributed by atoms with Crippen LogP contribution in [0.15, 0.2) is 45.9 Å². The molecule has 1 atom stereocenters. The van der Waals surface area contributed by atoms with Crippen molar-refractivity contribution in [2.24, 2.45) is 7.05 Å². The van der Waals surface area contributed by atoms with Crippen molar-refractivity contribution in [3.63, 3.8) is 0 Å². The Morgan fingerprint density at radius 2 is 2.19 bits per heavy atom. The van der Waals surface area contributed by atoms with E-state index >= 15 is 0 Å². The lowest BCUT2D eigenvalue weighted by molar-refractivity contribution is 0.328. The number of aromatic amines is 1. The topological polar surface area (TPSA) is 93.7 Å². The third kappa shape index (κ3) is 2.16. The van der Waals surface area contributed by atoms with Crippen LogP contribution in [0.4, 0.5) is 0 Å². The van der Waals surface area contributed by atoms with Crippen LogP contribution in [0.1, 0.15) is 29.6 Å². The molecule has 0 radical (unpaired) electrons. The van der Waals surface area contributed by atoms with Crippen molar-refractivity contribution in [2.45, 2.75) is 25.4 Å². The quantitative estimate of drug-likeness (QED) is 0.575. The fourth-order valence-corrected chi connectivity index (χ4v) is 4.02. The first-order valence-electron chi connectivity index (χ1n) is 9.06. The van der Waals surface area contributed by atoms with Gasteiger partial charge >= 0.3 is 5.76 Å². The van der Waals surface area contributed by atoms with E-state index in [0.29, 0.717) is 5.89 Å². The lowest BCUT2D eigenvalue weighted by Crippen LogP contribution is -2.49. The summed E-state index contributed by atoms with van der Waals surface area (Å²) in [5.41, 5.74) is 3.21. The van der Waals surface area contributed by atoms with Gasteiger partial charge in [0, 0.05) is 42.8 Å². The Labute approximate surface area is 154 Å². The number of benzene rings is 1. The van der Waals surface area contributed by atoms with Crippen LogP contribution < -0.4 is 11.1 Å². The summed E-state index contributed by atoms with van der Waals surface area (Å²) in [7, 11) is 1.59. The molecule has 1 unspecified atom stereocenters. The Morgan fingerprint density at radius 3 is 2.93 bits per heavy atom. The van der Waals surface area contributed by atoms with Gasteiger partial charge in [-0.15, -0.1) is 5.10 Å². The second-order valence-electron chi connectivity index (χ2n) is 6.83. The van der Waals surface area contributed by atoms with Gasteiger partial charge in [-0.25, -0.2) is 4.79 Å². The molecule has 0 saturated heterocycles. The highest BCUT2D eigenvalue weighted by Gasteiger charge is 2.47. The van der Waals surface area contributed by atoms with Gasteiger partial charge in [0.2, 0.25) is 5.89 Å². The highest BCUT2D eigenvalue weighted by molar-refractivity contribution is 5.86. The molecule has 3 aromatic heterocycles. The Bertz CT molecular complexity index is 1200. The van der Waals surface area contributed by atoms with Gasteiger partial charge in [0.25, 0.3) is 0 Å². The number of rotatable bonds is 3. The summed E-state index contributed by atoms with van der Waals surface area (Å²) in [6.07, 6.45) is 4.66. The SMILES string of the molecule is CCn1cc(C2(c3nn(C)c(=O)o3)NCCc3c2[nH]c2ccccc32)cn1. The first kappa shape index (κ1) is 16.1. The average molecular weight is 364 g/mol. The Kier molecular flexibility index (Phi) is 3.38. The van der Waals surface area contributed by atoms with E-state index in [0.717, 1.165) is 36.3 Å². The maximum Gasteiger partial charge on any atom is 0.436 e. The molecule has 8 heteroatoms. The van der Waals surface area contributed by atoms with E-state index in [4.69, 9.17) is 4.42 Å². The molecule has 1 aliphatic rings. The zero-order valence-electron chi connectivity index (χ0n) is 15.2. The van der Waals surface area contributed by atoms with E-state index in [1.807, 2.05) is 36.1 Å². The molecule has 8 nitrogen and oxygen atoms in total. The van der Waals surface area contributed by atoms with Gasteiger partial charge in [-0.3, -0.25) is 10.00 Å². The highest BCUT2D eigenvalue weighted by Crippen LogP contribution is 2.41. The number of aromatic nitrogens is 5. The normalized spacial score (nSPS) is 19.5. The smallest absolute Gasteiger partial charge is 0.389 e. The van der Waals surface area contributed by atoms with Crippen molar-refractivity contribution in [2.75, 3.05) is 6.54 Å². The maximum atomic E-state index is 12.1. The van der Waals surface area contributed by atoms with E-state index in [-0.39, 0.29) is 0 Å². The lowest BCUT2D eigenvalue weighted by atomic mass is 9.82. The third-order valence-electron chi connectivity index (χ3n) is 5.35. The monoisotopic (exact) mass is 364 g/mol. The van der Waals surface area contributed by atoms with Crippen LogP contribution in [-0.2, 0) is 25.6 Å². The van der Waals surface area contributed by atoms with Crippen LogP contribution in [0, 0.1) is 0 Å². The summed E-state index contributed by atoms with van der Waals surface area (Å²) in [6.45, 7) is 3.52. The molecule has 4 heterocycles. The lowest BCUT2D eigenvalue weighted by Gasteiger charge is -2.34. The summed E-state index contributed by atoms with van der Waals surface area (Å²) in [4.78, 5) is 15.6. The van der Waals surface area contributed by atoms with Crippen LogP contribution in [0.5, 0.6) is 0 Å². The summed E-state index contributed by atoms with van der Waals surface area (Å²) in [6, 6.07) is 8.22. The van der Waals surface area contributed by atoms with Gasteiger partial charge in [-0.05, 0) is 25.0 Å². The van der Waals surface area contributed by atoms with Crippen molar-refractivity contribution >= 4 is 10.9 Å². The van der Waals surface area contributed by atoms with Crippen molar-refractivity contribution < 1.29 is 4.42 Å². The molecule has 0 aliphatic carbocycles. The number of fused-ring (bicyclic) bond motifs is 3. The van der Waals surface area contributed by atoms with Crippen LogP contribution in [-0.4, -0.2) is 31.1 Å². The predicted octanol–water partition coefficient (Wildman–Crippen LogP) is 1.51. The Hall–Kier alpha value is -3.13. The number of para-hydroxylation sites is 1. The Morgan fingerprint density at radius 1 is 1.33 bits per heavy atom. The van der Waals surface area contributed by atoms with Crippen LogP contribution >= 0.6 is 0 Å². The van der Waals surface area contributed by atoms with Crippen molar-refractivity contribution in [1.29, 1.82) is 0 Å². The van der Waals surface area contributed by atoms with Crippen LogP contribution in [0.3, 0.4) is 0 Å². The molecule has 1 aliphatic heterocycles. The molecule has 0 fully saturated rings. The molecule has 5 rings (SSSR count). The highest BCUT2D eigenvalue weighted by atomic mass is 16.4. The zero-order chi connectivity index (χ0) is 18.6. The standard InChI is InChI=1S/C19H20N6O2/c1-3-25-11-12(10-21-25)19(17-23-24(2)18(26)27-17)16-14(8-9-20-19)13-6-4-5-7-15(13)22-16/h4-7,10-11,20,22H,3,8-9H2,1-2H3. The fraction of sp³-hybridized carbons (Fsp3) is 0.316. The third-order valence-corrected chi connectivity index (χ3v) is 5.35. The number of nitrogens with zero attached hydrogens (tertiary/aromatic N) is 4. The molecule has 0 bridgehead atoms. The molecular weight excluding hydrogens is 344 g/mol. The molecule has 0 amide bonds. The second-order valence-corrected chi connectivity index (χ2v) is 6.83. The summed E-state index contributed by atoms with van der Waals surface area (Å²) >= 11 is 0. The minimum atomic E-state index is -0.888. The van der Waals surface area contributed by atoms with Crippen molar-refractivity contribution in [3.05, 3.63) is 69.9 Å². The van der Waals surface area contributed by atoms with Gasteiger partial charge in [0.1, 0.15) is 0 Å². The van der Waals surface area contributed by atoms with Crippen molar-refractivity contribution in [1.82, 2.24) is 29.9 Å². The molecule has 0 saturated carbocycles. The van der Waals surface area contributed by atoms with E-state index < -0.39 is 11.3 Å². The van der Waals surface area contributed by atoms with E-state index in [1.165, 1.54) is 15.6 Å². The minimum absolute atomic E-state index is 0.318. The van der Waals surface area contributed by atoms with Crippen molar-refractivity contribution in [3.8, 4) is 0 Å². The van der Waals surface area contributed by atoms with Gasteiger partial charge in [-0.2, -0.15) is 9.78 Å². The first-order valence-corrected chi connectivity index (χ1v) is 9.06. The molecule has 2 N–H and O–H groups in total. The summed E-state index contributed by atoms with van der Waals surface area (Å²) in [5.74, 6) is -0.171. The molecular formula is C19H20N6O2. The number of nitrogens with one attached hydrogen (secondary N) is 2. The van der Waals surface area contributed by atoms with Crippen LogP contribution in [0.25, 0.3) is 10.9 Å². The molecule has 4 aromatic rings. The number of aryl methyl sites for hydroxylation is 2. The zero-order valence-corrected chi connectivity index (χ0v) is 15.2. The number of hydrogen-bond donors (Lipinski definition) is 2. The fourth-order valence-electron chi connectivity index (χ4n) is 4.02. The largest absolute Gasteiger partial charge is 0.436 e. The molecule has 1 aromatic carbocycles. The predicted molar refractivity (Wildman–Crippen MR) is 99.5 cm³/mol. The molecule has 27 heavy (non-hydrogen) atoms. The summed E-state index contributed by atoms with van der Waals surface area (Å²) < 4.78 is 8.66. The molecule has 0 spiro atoms. The molecule has 138 valence electrons. The second kappa shape index (κ2) is 5.68. The van der Waals surface area contributed by atoms with E-state index in [9.17, 15) is 4.79 Å². The summed E-state index contributed by atoms with van der Waals surface area (Å²) in [5, 5.41) is 13.6. The number of H-pyrrole nitrogens is 1. The van der Waals surface area contributed by atoms with E-state index in [2.05, 4.69) is 32.6 Å². The van der Waals surface area contributed by atoms with Gasteiger partial charge in [-0.1, -0.05) is 18.2 Å². The average Bonchev–Trinajstić information content (AvgIpc) is 3.39. The van der Waals surface area contributed by atoms with Crippen LogP contribution in [0.2, 0.25) is 0 Å². The van der Waals surface area contributed by atoms with E-state index in [1.54, 1.807) is 7.05 Å². The van der Waals surface area contributed by atoms with Gasteiger partial charge in [0.05, 0.1) is 11.9 Å². The number of hydrogen-bond acceptors (Lipinski definition) is 5. The Balaban J connectivity index is 1.86. The van der Waals surface area contributed by atoms with Gasteiger partial charge < -0.3 is 9.40 Å². The first-order chi connectivity index (χ1) is 13.1. The van der Waals surface area contributed by atoms with Gasteiger partial charge in [0.15, 0.2) is 5.54 Å². The maximum absolute atomic E-state index is 12.1.